The van der Waals surface area contributed by atoms with Crippen LogP contribution in [0.25, 0.3) is 32.6 Å². The van der Waals surface area contributed by atoms with Crippen molar-refractivity contribution in [2.75, 3.05) is 0 Å². The van der Waals surface area contributed by atoms with Crippen LogP contribution in [0, 0.1) is 0 Å². The summed E-state index contributed by atoms with van der Waals surface area (Å²) in [4.78, 5) is 14.7. The second-order valence-corrected chi connectivity index (χ2v) is 6.64. The average molecular weight is 367 g/mol. The molecule has 0 aliphatic carbocycles. The molecular formula is C19H15ClN4S. The van der Waals surface area contributed by atoms with Crippen LogP contribution in [-0.4, -0.2) is 15.0 Å². The largest absolute Gasteiger partial charge is 0.325 e. The molecule has 0 saturated carbocycles. The van der Waals surface area contributed by atoms with Gasteiger partial charge in [-0.2, -0.15) is 0 Å². The lowest BCUT2D eigenvalue weighted by molar-refractivity contribution is 0.986. The average Bonchev–Trinajstić information content (AvgIpc) is 3.12. The molecule has 0 unspecified atom stereocenters. The number of nitrogens with two attached hydrogens (primary N) is 1. The van der Waals surface area contributed by atoms with E-state index in [9.17, 15) is 0 Å². The molecule has 0 spiro atoms. The number of hydrogen-bond donors (Lipinski definition) is 1. The van der Waals surface area contributed by atoms with E-state index < -0.39 is 0 Å². The Bertz CT molecular complexity index is 1030. The van der Waals surface area contributed by atoms with E-state index in [1.807, 2.05) is 30.3 Å². The van der Waals surface area contributed by atoms with Gasteiger partial charge in [0.15, 0.2) is 0 Å². The summed E-state index contributed by atoms with van der Waals surface area (Å²) in [5.74, 6) is 0.872. The predicted octanol–water partition coefficient (Wildman–Crippen LogP) is 4.62. The molecule has 4 aromatic rings. The first-order valence-corrected chi connectivity index (χ1v) is 9.27. The zero-order chi connectivity index (χ0) is 17.2. The summed E-state index contributed by atoms with van der Waals surface area (Å²) < 4.78 is 0. The summed E-state index contributed by atoms with van der Waals surface area (Å²) in [5.41, 5.74) is 10.7. The van der Waals surface area contributed by atoms with E-state index in [4.69, 9.17) is 22.3 Å². The maximum absolute atomic E-state index is 6.02. The van der Waals surface area contributed by atoms with Crippen molar-refractivity contribution in [3.63, 3.8) is 0 Å². The lowest BCUT2D eigenvalue weighted by Crippen LogP contribution is -2.04. The van der Waals surface area contributed by atoms with Gasteiger partial charge in [-0.3, -0.25) is 4.98 Å². The van der Waals surface area contributed by atoms with Crippen LogP contribution in [0.2, 0.25) is 0 Å². The third-order valence-corrected chi connectivity index (χ3v) is 5.13. The molecule has 2 N–H and O–H groups in total. The van der Waals surface area contributed by atoms with Crippen molar-refractivity contribution >= 4 is 33.2 Å². The zero-order valence-corrected chi connectivity index (χ0v) is 14.9. The van der Waals surface area contributed by atoms with Crippen LogP contribution >= 0.6 is 22.9 Å². The molecule has 3 heterocycles. The van der Waals surface area contributed by atoms with Gasteiger partial charge in [0.05, 0.1) is 17.3 Å². The van der Waals surface area contributed by atoms with Crippen molar-refractivity contribution in [3.05, 3.63) is 65.6 Å². The molecule has 0 atom stereocenters. The van der Waals surface area contributed by atoms with Crippen molar-refractivity contribution < 1.29 is 0 Å². The van der Waals surface area contributed by atoms with E-state index >= 15 is 0 Å². The van der Waals surface area contributed by atoms with E-state index in [0.29, 0.717) is 12.4 Å². The lowest BCUT2D eigenvalue weighted by atomic mass is 10.0. The van der Waals surface area contributed by atoms with Gasteiger partial charge in [0.25, 0.3) is 0 Å². The standard InChI is InChI=1S/C19H15ClN4S/c20-9-16-23-18(13-7-4-8-22-15(13)10-21)17-14(11-25-19(17)24-16)12-5-2-1-3-6-12/h1-8,11H,9-10,21H2. The van der Waals surface area contributed by atoms with Crippen LogP contribution in [0.3, 0.4) is 0 Å². The smallest absolute Gasteiger partial charge is 0.145 e. The summed E-state index contributed by atoms with van der Waals surface area (Å²) in [7, 11) is 0. The van der Waals surface area contributed by atoms with Gasteiger partial charge in [0.2, 0.25) is 0 Å². The Morgan fingerprint density at radius 2 is 1.84 bits per heavy atom. The quantitative estimate of drug-likeness (QED) is 0.535. The number of rotatable bonds is 4. The third kappa shape index (κ3) is 2.91. The Morgan fingerprint density at radius 1 is 1.00 bits per heavy atom. The van der Waals surface area contributed by atoms with Gasteiger partial charge < -0.3 is 5.73 Å². The van der Waals surface area contributed by atoms with Gasteiger partial charge in [0, 0.05) is 34.6 Å². The highest BCUT2D eigenvalue weighted by Crippen LogP contribution is 2.39. The van der Waals surface area contributed by atoms with Gasteiger partial charge in [0.1, 0.15) is 10.7 Å². The molecule has 0 bridgehead atoms. The summed E-state index contributed by atoms with van der Waals surface area (Å²) in [6.45, 7) is 0.350. The van der Waals surface area contributed by atoms with E-state index in [-0.39, 0.29) is 5.88 Å². The number of nitrogens with zero attached hydrogens (tertiary/aromatic N) is 3. The first-order valence-electron chi connectivity index (χ1n) is 7.85. The van der Waals surface area contributed by atoms with Crippen molar-refractivity contribution in [1.82, 2.24) is 15.0 Å². The minimum atomic E-state index is 0.264. The number of benzene rings is 1. The molecule has 4 rings (SSSR count). The highest BCUT2D eigenvalue weighted by molar-refractivity contribution is 7.17. The normalized spacial score (nSPS) is 11.1. The molecule has 0 fully saturated rings. The number of pyridine rings is 1. The third-order valence-electron chi connectivity index (χ3n) is 4.02. The molecule has 25 heavy (non-hydrogen) atoms. The predicted molar refractivity (Wildman–Crippen MR) is 104 cm³/mol. The topological polar surface area (TPSA) is 64.7 Å². The number of halogens is 1. The minimum Gasteiger partial charge on any atom is -0.325 e. The van der Waals surface area contributed by atoms with E-state index in [1.54, 1.807) is 17.5 Å². The fourth-order valence-electron chi connectivity index (χ4n) is 2.89. The highest BCUT2D eigenvalue weighted by atomic mass is 35.5. The Morgan fingerprint density at radius 3 is 2.60 bits per heavy atom. The van der Waals surface area contributed by atoms with Crippen LogP contribution < -0.4 is 5.73 Å². The molecule has 124 valence electrons. The Hall–Kier alpha value is -2.34. The second-order valence-electron chi connectivity index (χ2n) is 5.52. The maximum Gasteiger partial charge on any atom is 0.145 e. The van der Waals surface area contributed by atoms with Crippen LogP contribution in [-0.2, 0) is 12.4 Å². The summed E-state index contributed by atoms with van der Waals surface area (Å²) in [6, 6.07) is 14.2. The first kappa shape index (κ1) is 16.1. The fourth-order valence-corrected chi connectivity index (χ4v) is 3.97. The lowest BCUT2D eigenvalue weighted by Gasteiger charge is -2.10. The van der Waals surface area contributed by atoms with Crippen LogP contribution in [0.4, 0.5) is 0 Å². The summed E-state index contributed by atoms with van der Waals surface area (Å²) in [6.07, 6.45) is 1.75. The Labute approximate surface area is 154 Å². The van der Waals surface area contributed by atoms with Gasteiger partial charge in [-0.15, -0.1) is 22.9 Å². The fraction of sp³-hybridized carbons (Fsp3) is 0.105. The van der Waals surface area contributed by atoms with Crippen molar-refractivity contribution in [2.24, 2.45) is 5.73 Å². The Kier molecular flexibility index (Phi) is 4.44. The molecule has 6 heteroatoms. The zero-order valence-electron chi connectivity index (χ0n) is 13.3. The van der Waals surface area contributed by atoms with Gasteiger partial charge in [-0.05, 0) is 17.7 Å². The van der Waals surface area contributed by atoms with Crippen molar-refractivity contribution in [3.8, 4) is 22.4 Å². The monoisotopic (exact) mass is 366 g/mol. The van der Waals surface area contributed by atoms with Crippen molar-refractivity contribution in [1.29, 1.82) is 0 Å². The molecule has 0 aliphatic rings. The number of aromatic nitrogens is 3. The molecule has 0 saturated heterocycles. The molecule has 1 aromatic carbocycles. The molecule has 3 aromatic heterocycles. The molecule has 0 radical (unpaired) electrons. The number of fused-ring (bicyclic) bond motifs is 1. The van der Waals surface area contributed by atoms with Crippen molar-refractivity contribution in [2.45, 2.75) is 12.4 Å². The number of thiophene rings is 1. The van der Waals surface area contributed by atoms with E-state index in [0.717, 1.165) is 38.3 Å². The summed E-state index contributed by atoms with van der Waals surface area (Å²) >= 11 is 7.62. The highest BCUT2D eigenvalue weighted by Gasteiger charge is 2.18. The number of alkyl halides is 1. The van der Waals surface area contributed by atoms with Gasteiger partial charge in [-0.1, -0.05) is 30.3 Å². The molecule has 0 aliphatic heterocycles. The summed E-state index contributed by atoms with van der Waals surface area (Å²) in [5, 5.41) is 3.14. The minimum absolute atomic E-state index is 0.264. The second kappa shape index (κ2) is 6.88. The van der Waals surface area contributed by atoms with Crippen LogP contribution in [0.1, 0.15) is 11.5 Å². The van der Waals surface area contributed by atoms with E-state index in [1.165, 1.54) is 0 Å². The van der Waals surface area contributed by atoms with Crippen LogP contribution in [0.15, 0.2) is 54.0 Å². The van der Waals surface area contributed by atoms with Gasteiger partial charge in [-0.25, -0.2) is 9.97 Å². The molecule has 0 amide bonds. The molecule has 4 nitrogen and oxygen atoms in total. The Balaban J connectivity index is 2.06. The maximum atomic E-state index is 6.02. The number of hydrogen-bond acceptors (Lipinski definition) is 5. The van der Waals surface area contributed by atoms with Gasteiger partial charge >= 0.3 is 0 Å². The first-order chi connectivity index (χ1) is 12.3. The molecular weight excluding hydrogens is 352 g/mol. The van der Waals surface area contributed by atoms with E-state index in [2.05, 4.69) is 27.5 Å². The SMILES string of the molecule is NCc1ncccc1-c1nc(CCl)nc2scc(-c3ccccc3)c12. The van der Waals surface area contributed by atoms with Crippen LogP contribution in [0.5, 0.6) is 0 Å².